The highest BCUT2D eigenvalue weighted by atomic mass is 79.9. The number of carbonyl (C=O) groups is 2. The van der Waals surface area contributed by atoms with Crippen molar-refractivity contribution in [3.8, 4) is 5.75 Å². The van der Waals surface area contributed by atoms with Gasteiger partial charge in [-0.05, 0) is 77.1 Å². The summed E-state index contributed by atoms with van der Waals surface area (Å²) in [6.07, 6.45) is 1.64. The van der Waals surface area contributed by atoms with E-state index in [1.165, 1.54) is 9.80 Å². The first-order valence-electron chi connectivity index (χ1n) is 12.9. The number of anilines is 2. The van der Waals surface area contributed by atoms with Crippen LogP contribution in [0.15, 0.2) is 131 Å². The van der Waals surface area contributed by atoms with E-state index >= 15 is 0 Å². The van der Waals surface area contributed by atoms with Gasteiger partial charge in [0.2, 0.25) is 0 Å². The van der Waals surface area contributed by atoms with Crippen LogP contribution in [0.4, 0.5) is 11.4 Å². The maximum Gasteiger partial charge on any atom is 0.270 e. The van der Waals surface area contributed by atoms with E-state index in [9.17, 15) is 9.59 Å². The minimum absolute atomic E-state index is 0.0175. The van der Waals surface area contributed by atoms with E-state index in [1.807, 2.05) is 97.1 Å². The number of fused-ring (bicyclic) bond motifs is 1. The molecule has 41 heavy (non-hydrogen) atoms. The Morgan fingerprint density at radius 3 is 1.85 bits per heavy atom. The molecule has 0 atom stereocenters. The van der Waals surface area contributed by atoms with Crippen LogP contribution in [0.5, 0.6) is 5.75 Å². The van der Waals surface area contributed by atoms with Crippen LogP contribution in [0.25, 0.3) is 16.8 Å². The molecule has 1 aliphatic rings. The van der Waals surface area contributed by atoms with Gasteiger partial charge >= 0.3 is 0 Å². The fourth-order valence-electron chi connectivity index (χ4n) is 4.78. The van der Waals surface area contributed by atoms with Gasteiger partial charge < -0.3 is 4.74 Å². The number of hydrogen-bond acceptors (Lipinski definition) is 4. The maximum absolute atomic E-state index is 14.1. The number of thiocarbonyl (C=S) groups is 1. The Morgan fingerprint density at radius 1 is 0.683 bits per heavy atom. The summed E-state index contributed by atoms with van der Waals surface area (Å²) in [6.45, 7) is 0.319. The van der Waals surface area contributed by atoms with E-state index in [1.54, 1.807) is 30.3 Å². The summed E-state index contributed by atoms with van der Waals surface area (Å²) in [5, 5.41) is 1.92. The van der Waals surface area contributed by atoms with Gasteiger partial charge in [-0.15, -0.1) is 0 Å². The molecule has 5 nitrogen and oxygen atoms in total. The molecule has 0 aliphatic carbocycles. The molecule has 0 N–H and O–H groups in total. The normalized spacial score (nSPS) is 13.6. The smallest absolute Gasteiger partial charge is 0.270 e. The SMILES string of the molecule is O=C1C(=Cc2c(OCc3ccc(Br)cc3)ccc3ccccc23)C(=O)N(c2ccccc2)C(=S)N1c1ccccc1. The van der Waals surface area contributed by atoms with E-state index in [-0.39, 0.29) is 10.7 Å². The third-order valence-electron chi connectivity index (χ3n) is 6.81. The number of nitrogens with zero attached hydrogens (tertiary/aromatic N) is 2. The first-order chi connectivity index (χ1) is 20.0. The first kappa shape index (κ1) is 26.6. The highest BCUT2D eigenvalue weighted by Gasteiger charge is 2.41. The molecule has 1 aliphatic heterocycles. The number of benzene rings is 5. The van der Waals surface area contributed by atoms with Crippen molar-refractivity contribution in [2.75, 3.05) is 9.80 Å². The minimum atomic E-state index is -0.495. The average molecular weight is 620 g/mol. The standard InChI is InChI=1S/C34H23BrN2O3S/c35-25-18-15-23(16-19-25)22-40-31-20-17-24-9-7-8-14-28(24)29(31)21-30-32(38)36(26-10-3-1-4-11-26)34(41)37(33(30)39)27-12-5-2-6-13-27/h1-21H,22H2. The van der Waals surface area contributed by atoms with Gasteiger partial charge in [-0.25, -0.2) is 0 Å². The Bertz CT molecular complexity index is 1740. The molecule has 6 rings (SSSR count). The molecule has 0 bridgehead atoms. The summed E-state index contributed by atoms with van der Waals surface area (Å²) in [5.74, 6) is -0.430. The molecule has 0 aromatic heterocycles. The quantitative estimate of drug-likeness (QED) is 0.110. The average Bonchev–Trinajstić information content (AvgIpc) is 3.00. The molecule has 5 aromatic carbocycles. The predicted molar refractivity (Wildman–Crippen MR) is 171 cm³/mol. The van der Waals surface area contributed by atoms with Gasteiger partial charge in [-0.3, -0.25) is 19.4 Å². The number of amides is 2. The zero-order valence-corrected chi connectivity index (χ0v) is 24.1. The van der Waals surface area contributed by atoms with Crippen molar-refractivity contribution in [2.45, 2.75) is 6.61 Å². The van der Waals surface area contributed by atoms with Crippen LogP contribution in [0.3, 0.4) is 0 Å². The molecule has 0 saturated carbocycles. The Kier molecular flexibility index (Phi) is 7.46. The van der Waals surface area contributed by atoms with Crippen LogP contribution in [0.2, 0.25) is 0 Å². The number of para-hydroxylation sites is 2. The number of rotatable bonds is 6. The van der Waals surface area contributed by atoms with Gasteiger partial charge in [0.05, 0.1) is 11.4 Å². The van der Waals surface area contributed by atoms with Crippen LogP contribution in [0.1, 0.15) is 11.1 Å². The van der Waals surface area contributed by atoms with Crippen LogP contribution >= 0.6 is 28.1 Å². The Balaban J connectivity index is 1.50. The third kappa shape index (κ3) is 5.29. The molecule has 200 valence electrons. The van der Waals surface area contributed by atoms with Gasteiger partial charge in [-0.2, -0.15) is 0 Å². The molecule has 1 heterocycles. The fraction of sp³-hybridized carbons (Fsp3) is 0.0294. The topological polar surface area (TPSA) is 49.9 Å². The number of carbonyl (C=O) groups excluding carboxylic acids is 2. The second kappa shape index (κ2) is 11.5. The Morgan fingerprint density at radius 2 is 1.24 bits per heavy atom. The lowest BCUT2D eigenvalue weighted by atomic mass is 9.99. The fourth-order valence-corrected chi connectivity index (χ4v) is 5.42. The first-order valence-corrected chi connectivity index (χ1v) is 14.1. The van der Waals surface area contributed by atoms with E-state index in [0.717, 1.165) is 20.8 Å². The zero-order chi connectivity index (χ0) is 28.3. The summed E-state index contributed by atoms with van der Waals surface area (Å²) in [7, 11) is 0. The summed E-state index contributed by atoms with van der Waals surface area (Å²) in [6, 6.07) is 37.8. The van der Waals surface area contributed by atoms with Crippen molar-refractivity contribution in [1.82, 2.24) is 0 Å². The summed E-state index contributed by atoms with van der Waals surface area (Å²) in [5.41, 5.74) is 2.76. The summed E-state index contributed by atoms with van der Waals surface area (Å²) < 4.78 is 7.27. The largest absolute Gasteiger partial charge is 0.488 e. The lowest BCUT2D eigenvalue weighted by Crippen LogP contribution is -2.56. The van der Waals surface area contributed by atoms with Crippen molar-refractivity contribution >= 4 is 73.3 Å². The molecular weight excluding hydrogens is 596 g/mol. The van der Waals surface area contributed by atoms with E-state index in [0.29, 0.717) is 29.3 Å². The van der Waals surface area contributed by atoms with Crippen LogP contribution < -0.4 is 14.5 Å². The van der Waals surface area contributed by atoms with Crippen molar-refractivity contribution in [3.63, 3.8) is 0 Å². The lowest BCUT2D eigenvalue weighted by molar-refractivity contribution is -0.120. The minimum Gasteiger partial charge on any atom is -0.488 e. The molecule has 2 amide bonds. The zero-order valence-electron chi connectivity index (χ0n) is 21.7. The molecule has 0 spiro atoms. The maximum atomic E-state index is 14.1. The molecule has 1 saturated heterocycles. The molecule has 0 unspecified atom stereocenters. The monoisotopic (exact) mass is 618 g/mol. The van der Waals surface area contributed by atoms with Crippen LogP contribution in [0, 0.1) is 0 Å². The Hall–Kier alpha value is -4.59. The highest BCUT2D eigenvalue weighted by Crippen LogP contribution is 2.34. The van der Waals surface area contributed by atoms with Crippen molar-refractivity contribution in [3.05, 3.63) is 143 Å². The number of halogens is 1. The second-order valence-electron chi connectivity index (χ2n) is 9.41. The molecule has 1 fully saturated rings. The second-order valence-corrected chi connectivity index (χ2v) is 10.7. The van der Waals surface area contributed by atoms with E-state index in [4.69, 9.17) is 17.0 Å². The molecular formula is C34H23BrN2O3S. The lowest BCUT2D eigenvalue weighted by Gasteiger charge is -2.36. The van der Waals surface area contributed by atoms with Gasteiger partial charge in [0.15, 0.2) is 5.11 Å². The number of ether oxygens (including phenoxy) is 1. The van der Waals surface area contributed by atoms with Gasteiger partial charge in [0.1, 0.15) is 17.9 Å². The van der Waals surface area contributed by atoms with Gasteiger partial charge in [0, 0.05) is 10.0 Å². The van der Waals surface area contributed by atoms with Crippen molar-refractivity contribution in [2.24, 2.45) is 0 Å². The molecule has 7 heteroatoms. The summed E-state index contributed by atoms with van der Waals surface area (Å²) >= 11 is 9.21. The molecule has 0 radical (unpaired) electrons. The third-order valence-corrected chi connectivity index (χ3v) is 7.70. The predicted octanol–water partition coefficient (Wildman–Crippen LogP) is 7.93. The highest BCUT2D eigenvalue weighted by molar-refractivity contribution is 9.10. The van der Waals surface area contributed by atoms with Gasteiger partial charge in [0.25, 0.3) is 11.8 Å². The molecule has 5 aromatic rings. The van der Waals surface area contributed by atoms with Crippen LogP contribution in [-0.2, 0) is 16.2 Å². The summed E-state index contributed by atoms with van der Waals surface area (Å²) in [4.78, 5) is 30.9. The van der Waals surface area contributed by atoms with Crippen molar-refractivity contribution in [1.29, 1.82) is 0 Å². The van der Waals surface area contributed by atoms with Gasteiger partial charge in [-0.1, -0.05) is 94.8 Å². The van der Waals surface area contributed by atoms with Crippen molar-refractivity contribution < 1.29 is 14.3 Å². The van der Waals surface area contributed by atoms with E-state index in [2.05, 4.69) is 15.9 Å². The Labute approximate surface area is 251 Å². The number of hydrogen-bond donors (Lipinski definition) is 0. The van der Waals surface area contributed by atoms with Crippen LogP contribution in [-0.4, -0.2) is 16.9 Å². The van der Waals surface area contributed by atoms with E-state index < -0.39 is 11.8 Å².